The molecular weight excluding hydrogens is 585 g/mol. The molecule has 1 aliphatic rings. The van der Waals surface area contributed by atoms with Crippen LogP contribution in [0.2, 0.25) is 5.02 Å². The Morgan fingerprint density at radius 3 is 2.67 bits per heavy atom. The molecule has 42 heavy (non-hydrogen) atoms. The number of halogens is 2. The molecule has 0 radical (unpaired) electrons. The number of thiazole rings is 1. The second-order valence-electron chi connectivity index (χ2n) is 9.69. The van der Waals surface area contributed by atoms with Crippen molar-refractivity contribution in [3.63, 3.8) is 0 Å². The molecule has 13 heteroatoms. The van der Waals surface area contributed by atoms with E-state index in [1.165, 1.54) is 29.8 Å². The topological polar surface area (TPSA) is 129 Å². The summed E-state index contributed by atoms with van der Waals surface area (Å²) in [5, 5.41) is 13.5. The molecule has 0 bridgehead atoms. The Balaban J connectivity index is 1.15. The number of carbonyl (C=O) groups excluding carboxylic acids is 1. The van der Waals surface area contributed by atoms with Crippen molar-refractivity contribution in [3.05, 3.63) is 65.6 Å². The number of nitrogens with zero attached hydrogens (tertiary/aromatic N) is 4. The zero-order chi connectivity index (χ0) is 29.2. The number of amides is 1. The predicted octanol–water partition coefficient (Wildman–Crippen LogP) is 6.19. The minimum Gasteiger partial charge on any atom is -0.495 e. The van der Waals surface area contributed by atoms with Gasteiger partial charge < -0.3 is 19.3 Å². The number of methoxy groups -OCH3 is 1. The van der Waals surface area contributed by atoms with Gasteiger partial charge in [-0.15, -0.1) is 11.3 Å². The second kappa shape index (κ2) is 12.0. The lowest BCUT2D eigenvalue weighted by molar-refractivity contribution is -0.0431. The molecule has 0 aliphatic heterocycles. The monoisotopic (exact) mass is 609 g/mol. The van der Waals surface area contributed by atoms with Gasteiger partial charge in [0, 0.05) is 41.1 Å². The van der Waals surface area contributed by atoms with E-state index in [0.717, 1.165) is 15.6 Å². The maximum absolute atomic E-state index is 15.1. The van der Waals surface area contributed by atoms with E-state index < -0.39 is 24.1 Å². The number of ether oxygens (including phenoxy) is 3. The van der Waals surface area contributed by atoms with E-state index in [1.54, 1.807) is 31.5 Å². The quantitative estimate of drug-likeness (QED) is 0.201. The van der Waals surface area contributed by atoms with Crippen LogP contribution in [0, 0.1) is 5.82 Å². The number of hydrogen-bond acceptors (Lipinski definition) is 10. The maximum atomic E-state index is 15.1. The summed E-state index contributed by atoms with van der Waals surface area (Å²) in [6.07, 6.45) is 5.15. The van der Waals surface area contributed by atoms with Crippen molar-refractivity contribution in [3.8, 4) is 22.1 Å². The first-order valence-corrected chi connectivity index (χ1v) is 14.4. The number of carbonyl (C=O) groups is 1. The van der Waals surface area contributed by atoms with Gasteiger partial charge in [-0.1, -0.05) is 11.6 Å². The number of aryl methyl sites for hydroxylation is 1. The summed E-state index contributed by atoms with van der Waals surface area (Å²) < 4.78 is 32.5. The van der Waals surface area contributed by atoms with E-state index in [0.29, 0.717) is 64.0 Å². The van der Waals surface area contributed by atoms with Gasteiger partial charge in [0.1, 0.15) is 28.8 Å². The third-order valence-electron chi connectivity index (χ3n) is 6.83. The summed E-state index contributed by atoms with van der Waals surface area (Å²) in [7, 11) is 1.57. The summed E-state index contributed by atoms with van der Waals surface area (Å²) in [6, 6.07) is 8.38. The van der Waals surface area contributed by atoms with Crippen molar-refractivity contribution in [2.75, 3.05) is 19.0 Å². The van der Waals surface area contributed by atoms with Crippen LogP contribution in [0.25, 0.3) is 31.7 Å². The van der Waals surface area contributed by atoms with Crippen molar-refractivity contribution < 1.29 is 28.5 Å². The lowest BCUT2D eigenvalue weighted by Crippen LogP contribution is -2.45. The Kier molecular flexibility index (Phi) is 8.00. The molecular formula is C29H25ClFN5O5S. The van der Waals surface area contributed by atoms with Gasteiger partial charge in [0.2, 0.25) is 0 Å². The van der Waals surface area contributed by atoms with Crippen LogP contribution in [0.5, 0.6) is 11.5 Å². The number of aromatic nitrogens is 4. The van der Waals surface area contributed by atoms with Crippen LogP contribution in [-0.2, 0) is 11.2 Å². The zero-order valence-corrected chi connectivity index (χ0v) is 23.9. The number of aliphatic hydroxyl groups excluding tert-OH is 1. The molecule has 2 N–H and O–H groups in total. The molecule has 2 aromatic carbocycles. The molecule has 10 nitrogen and oxygen atoms in total. The summed E-state index contributed by atoms with van der Waals surface area (Å²) in [5.74, 6) is 0.673. The smallest absolute Gasteiger partial charge is 0.412 e. The largest absolute Gasteiger partial charge is 0.495 e. The minimum absolute atomic E-state index is 0.0534. The Bertz CT molecular complexity index is 1770. The fourth-order valence-corrected chi connectivity index (χ4v) is 5.76. The first kappa shape index (κ1) is 28.0. The second-order valence-corrected chi connectivity index (χ2v) is 11.2. The van der Waals surface area contributed by atoms with Gasteiger partial charge in [0.25, 0.3) is 0 Å². The molecule has 1 aliphatic carbocycles. The van der Waals surface area contributed by atoms with E-state index in [4.69, 9.17) is 30.9 Å². The summed E-state index contributed by atoms with van der Waals surface area (Å²) in [6.45, 7) is 0.0534. The fourth-order valence-electron chi connectivity index (χ4n) is 4.54. The lowest BCUT2D eigenvalue weighted by Gasteiger charge is -2.35. The number of anilines is 1. The van der Waals surface area contributed by atoms with Gasteiger partial charge in [-0.05, 0) is 37.5 Å². The number of nitrogens with one attached hydrogen (secondary N) is 1. The Hall–Kier alpha value is -4.13. The Morgan fingerprint density at radius 1 is 1.12 bits per heavy atom. The van der Waals surface area contributed by atoms with Crippen molar-refractivity contribution in [2.24, 2.45) is 0 Å². The SMILES string of the molecule is COc1cnc2c(-c3nc4cc(F)c(O[C@@H]5CC[C@@H]5OC(=O)Nc5cnc(CCCO)nc5)cc4s3)cc(Cl)cc2c1. The third kappa shape index (κ3) is 5.91. The van der Waals surface area contributed by atoms with Crippen LogP contribution >= 0.6 is 22.9 Å². The fraction of sp³-hybridized carbons (Fsp3) is 0.276. The van der Waals surface area contributed by atoms with Crippen molar-refractivity contribution >= 4 is 55.8 Å². The van der Waals surface area contributed by atoms with Gasteiger partial charge >= 0.3 is 6.09 Å². The molecule has 3 heterocycles. The molecule has 1 fully saturated rings. The summed E-state index contributed by atoms with van der Waals surface area (Å²) in [4.78, 5) is 29.9. The summed E-state index contributed by atoms with van der Waals surface area (Å²) >= 11 is 7.76. The maximum Gasteiger partial charge on any atom is 0.412 e. The van der Waals surface area contributed by atoms with Crippen LogP contribution < -0.4 is 14.8 Å². The molecule has 5 aromatic rings. The van der Waals surface area contributed by atoms with Crippen molar-refractivity contribution in [1.29, 1.82) is 0 Å². The Labute approximate surface area is 248 Å². The normalized spacial score (nSPS) is 16.3. The highest BCUT2D eigenvalue weighted by Gasteiger charge is 2.37. The van der Waals surface area contributed by atoms with Crippen LogP contribution in [0.1, 0.15) is 25.1 Å². The first-order chi connectivity index (χ1) is 20.4. The highest BCUT2D eigenvalue weighted by atomic mass is 35.5. The third-order valence-corrected chi connectivity index (χ3v) is 8.10. The zero-order valence-electron chi connectivity index (χ0n) is 22.3. The number of rotatable bonds is 9. The average molecular weight is 610 g/mol. The first-order valence-electron chi connectivity index (χ1n) is 13.2. The molecule has 0 unspecified atom stereocenters. The Morgan fingerprint density at radius 2 is 1.93 bits per heavy atom. The number of aliphatic hydroxyl groups is 1. The standard InChI is InChI=1S/C29H25ClFN5O5S/c1-39-18-8-15-7-16(30)9-19(27(15)34-14-18)28-36-21-10-20(31)24(11-25(21)42-28)40-22-4-5-23(22)41-29(38)35-17-12-32-26(33-13-17)3-2-6-37/h7-14,22-23,37H,2-6H2,1H3,(H,35,38)/t22-,23+/m1/s1. The molecule has 2 atom stereocenters. The molecule has 0 saturated heterocycles. The number of hydrogen-bond donors (Lipinski definition) is 2. The molecule has 6 rings (SSSR count). The van der Waals surface area contributed by atoms with Crippen LogP contribution in [0.3, 0.4) is 0 Å². The molecule has 1 saturated carbocycles. The molecule has 1 amide bonds. The van der Waals surface area contributed by atoms with Gasteiger partial charge in [0.05, 0.1) is 47.1 Å². The number of pyridine rings is 1. The van der Waals surface area contributed by atoms with E-state index in [2.05, 4.69) is 25.3 Å². The minimum atomic E-state index is -0.678. The number of fused-ring (bicyclic) bond motifs is 2. The van der Waals surface area contributed by atoms with E-state index in [9.17, 15) is 4.79 Å². The van der Waals surface area contributed by atoms with Crippen LogP contribution in [0.4, 0.5) is 14.9 Å². The van der Waals surface area contributed by atoms with Gasteiger partial charge in [0.15, 0.2) is 11.6 Å². The molecule has 3 aromatic heterocycles. The van der Waals surface area contributed by atoms with Crippen LogP contribution in [-0.4, -0.2) is 57.1 Å². The average Bonchev–Trinajstić information content (AvgIpc) is 3.39. The van der Waals surface area contributed by atoms with E-state index in [-0.39, 0.29) is 12.4 Å². The summed E-state index contributed by atoms with van der Waals surface area (Å²) in [5.41, 5.74) is 2.29. The lowest BCUT2D eigenvalue weighted by atomic mass is 9.92. The van der Waals surface area contributed by atoms with Gasteiger partial charge in [-0.2, -0.15) is 0 Å². The van der Waals surface area contributed by atoms with Gasteiger partial charge in [-0.3, -0.25) is 10.3 Å². The number of benzene rings is 2. The molecule has 0 spiro atoms. The highest BCUT2D eigenvalue weighted by Crippen LogP contribution is 2.39. The van der Waals surface area contributed by atoms with E-state index in [1.807, 2.05) is 6.07 Å². The predicted molar refractivity (Wildman–Crippen MR) is 157 cm³/mol. The molecule has 216 valence electrons. The van der Waals surface area contributed by atoms with Crippen molar-refractivity contribution in [1.82, 2.24) is 19.9 Å². The van der Waals surface area contributed by atoms with Gasteiger partial charge in [-0.25, -0.2) is 24.1 Å². The van der Waals surface area contributed by atoms with Crippen molar-refractivity contribution in [2.45, 2.75) is 37.9 Å². The van der Waals surface area contributed by atoms with Crippen LogP contribution in [0.15, 0.2) is 48.9 Å². The highest BCUT2D eigenvalue weighted by molar-refractivity contribution is 7.21. The van der Waals surface area contributed by atoms with E-state index >= 15 is 4.39 Å².